The molecule has 19 heavy (non-hydrogen) atoms. The zero-order valence-corrected chi connectivity index (χ0v) is 13.1. The van der Waals surface area contributed by atoms with Gasteiger partial charge < -0.3 is 5.11 Å². The molecule has 5 heteroatoms. The van der Waals surface area contributed by atoms with Gasteiger partial charge in [-0.05, 0) is 43.9 Å². The van der Waals surface area contributed by atoms with E-state index < -0.39 is 21.2 Å². The van der Waals surface area contributed by atoms with Crippen molar-refractivity contribution >= 4 is 15.8 Å². The second-order valence-corrected chi connectivity index (χ2v) is 8.96. The molecule has 0 aromatic heterocycles. The van der Waals surface area contributed by atoms with E-state index >= 15 is 0 Å². The van der Waals surface area contributed by atoms with Gasteiger partial charge in [0.15, 0.2) is 0 Å². The summed E-state index contributed by atoms with van der Waals surface area (Å²) in [4.78, 5) is 11.6. The normalized spacial score (nSPS) is 22.1. The molecule has 1 fully saturated rings. The zero-order valence-electron chi connectivity index (χ0n) is 12.2. The lowest BCUT2D eigenvalue weighted by molar-refractivity contribution is -0.152. The van der Waals surface area contributed by atoms with Gasteiger partial charge in [-0.3, -0.25) is 4.79 Å². The van der Waals surface area contributed by atoms with Gasteiger partial charge in [-0.15, -0.1) is 0 Å². The minimum atomic E-state index is -3.09. The zero-order chi connectivity index (χ0) is 14.7. The van der Waals surface area contributed by atoms with Crippen LogP contribution in [0.3, 0.4) is 0 Å². The number of aliphatic carboxylic acids is 1. The van der Waals surface area contributed by atoms with Crippen molar-refractivity contribution in [2.45, 2.75) is 59.3 Å². The van der Waals surface area contributed by atoms with Crippen LogP contribution in [0.2, 0.25) is 0 Å². The lowest BCUT2D eigenvalue weighted by Crippen LogP contribution is -2.39. The van der Waals surface area contributed by atoms with Gasteiger partial charge >= 0.3 is 5.97 Å². The van der Waals surface area contributed by atoms with Gasteiger partial charge in [0.25, 0.3) is 0 Å². The highest BCUT2D eigenvalue weighted by Crippen LogP contribution is 2.47. The quantitative estimate of drug-likeness (QED) is 0.816. The van der Waals surface area contributed by atoms with E-state index in [4.69, 9.17) is 0 Å². The predicted molar refractivity (Wildman–Crippen MR) is 75.9 cm³/mol. The number of hydrogen-bond acceptors (Lipinski definition) is 3. The van der Waals surface area contributed by atoms with Crippen molar-refractivity contribution in [1.29, 1.82) is 0 Å². The average molecular weight is 290 g/mol. The number of rotatable bonds is 6. The van der Waals surface area contributed by atoms with Crippen molar-refractivity contribution in [3.05, 3.63) is 0 Å². The standard InChI is InChI=1S/C14H26O4S/c1-4-10-19(17,18)11-9-14(12(15)16)7-5-13(2,3)6-8-14/h4-11H2,1-3H3,(H,15,16). The highest BCUT2D eigenvalue weighted by atomic mass is 32.2. The van der Waals surface area contributed by atoms with Crippen molar-refractivity contribution < 1.29 is 18.3 Å². The van der Waals surface area contributed by atoms with Crippen LogP contribution in [-0.4, -0.2) is 31.0 Å². The summed E-state index contributed by atoms with van der Waals surface area (Å²) in [5, 5.41) is 9.49. The maximum Gasteiger partial charge on any atom is 0.309 e. The molecule has 1 saturated carbocycles. The van der Waals surface area contributed by atoms with E-state index in [0.29, 0.717) is 19.3 Å². The van der Waals surface area contributed by atoms with E-state index in [1.807, 2.05) is 6.92 Å². The highest BCUT2D eigenvalue weighted by Gasteiger charge is 2.44. The maximum absolute atomic E-state index is 11.8. The fourth-order valence-electron chi connectivity index (χ4n) is 2.74. The third-order valence-corrected chi connectivity index (χ3v) is 6.28. The number of carboxylic acid groups (broad SMARTS) is 1. The minimum Gasteiger partial charge on any atom is -0.481 e. The molecule has 112 valence electrons. The Morgan fingerprint density at radius 3 is 2.05 bits per heavy atom. The summed E-state index contributed by atoms with van der Waals surface area (Å²) in [6.45, 7) is 6.12. The first kappa shape index (κ1) is 16.5. The van der Waals surface area contributed by atoms with Crippen LogP contribution in [0, 0.1) is 10.8 Å². The van der Waals surface area contributed by atoms with Gasteiger partial charge in [0, 0.05) is 5.75 Å². The van der Waals surface area contributed by atoms with Crippen molar-refractivity contribution in [2.75, 3.05) is 11.5 Å². The number of sulfone groups is 1. The van der Waals surface area contributed by atoms with E-state index in [1.54, 1.807) is 0 Å². The molecule has 1 aliphatic rings. The van der Waals surface area contributed by atoms with Crippen LogP contribution in [-0.2, 0) is 14.6 Å². The first-order valence-corrected chi connectivity index (χ1v) is 8.88. The fourth-order valence-corrected chi connectivity index (χ4v) is 4.27. The van der Waals surface area contributed by atoms with E-state index in [0.717, 1.165) is 12.8 Å². The average Bonchev–Trinajstić information content (AvgIpc) is 2.28. The maximum atomic E-state index is 11.8. The Morgan fingerprint density at radius 2 is 1.63 bits per heavy atom. The van der Waals surface area contributed by atoms with Crippen LogP contribution in [0.4, 0.5) is 0 Å². The largest absolute Gasteiger partial charge is 0.481 e. The summed E-state index contributed by atoms with van der Waals surface area (Å²) in [5.74, 6) is -0.656. The highest BCUT2D eigenvalue weighted by molar-refractivity contribution is 7.91. The number of carbonyl (C=O) groups is 1. The molecule has 0 aliphatic heterocycles. The summed E-state index contributed by atoms with van der Waals surface area (Å²) in [6.07, 6.45) is 3.75. The van der Waals surface area contributed by atoms with Gasteiger partial charge in [-0.2, -0.15) is 0 Å². The third-order valence-electron chi connectivity index (χ3n) is 4.42. The topological polar surface area (TPSA) is 71.4 Å². The molecule has 0 amide bonds. The van der Waals surface area contributed by atoms with Crippen molar-refractivity contribution in [1.82, 2.24) is 0 Å². The Bertz CT molecular complexity index is 413. The second kappa shape index (κ2) is 5.81. The van der Waals surface area contributed by atoms with Crippen LogP contribution in [0.5, 0.6) is 0 Å². The monoisotopic (exact) mass is 290 g/mol. The van der Waals surface area contributed by atoms with Crippen molar-refractivity contribution in [2.24, 2.45) is 10.8 Å². The van der Waals surface area contributed by atoms with Crippen molar-refractivity contribution in [3.63, 3.8) is 0 Å². The summed E-state index contributed by atoms with van der Waals surface area (Å²) in [5.41, 5.74) is -0.641. The van der Waals surface area contributed by atoms with Gasteiger partial charge in [-0.25, -0.2) is 8.42 Å². The van der Waals surface area contributed by atoms with Crippen LogP contribution in [0.25, 0.3) is 0 Å². The van der Waals surface area contributed by atoms with Crippen LogP contribution in [0.1, 0.15) is 59.3 Å². The number of carboxylic acids is 1. The lowest BCUT2D eigenvalue weighted by atomic mass is 9.64. The number of hydrogen-bond donors (Lipinski definition) is 1. The van der Waals surface area contributed by atoms with Crippen LogP contribution in [0.15, 0.2) is 0 Å². The second-order valence-electron chi connectivity index (χ2n) is 6.65. The molecular weight excluding hydrogens is 264 g/mol. The van der Waals surface area contributed by atoms with Crippen LogP contribution < -0.4 is 0 Å². The predicted octanol–water partition coefficient (Wildman–Crippen LogP) is 2.87. The summed E-state index contributed by atoms with van der Waals surface area (Å²) in [7, 11) is -3.09. The summed E-state index contributed by atoms with van der Waals surface area (Å²) < 4.78 is 23.5. The minimum absolute atomic E-state index is 0.00751. The molecule has 0 aromatic rings. The first-order valence-electron chi connectivity index (χ1n) is 7.06. The van der Waals surface area contributed by atoms with E-state index in [9.17, 15) is 18.3 Å². The molecule has 0 radical (unpaired) electrons. The SMILES string of the molecule is CCCS(=O)(=O)CCC1(C(=O)O)CCC(C)(C)CC1. The molecule has 4 nitrogen and oxygen atoms in total. The molecule has 0 spiro atoms. The fraction of sp³-hybridized carbons (Fsp3) is 0.929. The molecule has 0 aromatic carbocycles. The molecule has 0 atom stereocenters. The Balaban J connectivity index is 2.73. The molecule has 0 saturated heterocycles. The van der Waals surface area contributed by atoms with Gasteiger partial charge in [0.05, 0.1) is 11.2 Å². The Morgan fingerprint density at radius 1 is 1.11 bits per heavy atom. The van der Waals surface area contributed by atoms with Gasteiger partial charge in [0.1, 0.15) is 9.84 Å². The smallest absolute Gasteiger partial charge is 0.309 e. The third kappa shape index (κ3) is 4.48. The Hall–Kier alpha value is -0.580. The van der Waals surface area contributed by atoms with E-state index in [-0.39, 0.29) is 23.3 Å². The molecule has 0 bridgehead atoms. The lowest BCUT2D eigenvalue weighted by Gasteiger charge is -2.40. The molecule has 0 heterocycles. The molecule has 1 rings (SSSR count). The van der Waals surface area contributed by atoms with E-state index in [2.05, 4.69) is 13.8 Å². The molecule has 0 unspecified atom stereocenters. The Kier molecular flexibility index (Phi) is 5.04. The van der Waals surface area contributed by atoms with Crippen molar-refractivity contribution in [3.8, 4) is 0 Å². The summed E-state index contributed by atoms with van der Waals surface area (Å²) in [6, 6.07) is 0. The van der Waals surface area contributed by atoms with Gasteiger partial charge in [-0.1, -0.05) is 20.8 Å². The van der Waals surface area contributed by atoms with Crippen LogP contribution >= 0.6 is 0 Å². The summed E-state index contributed by atoms with van der Waals surface area (Å²) >= 11 is 0. The molecule has 1 aliphatic carbocycles. The molecular formula is C14H26O4S. The van der Waals surface area contributed by atoms with E-state index in [1.165, 1.54) is 0 Å². The first-order chi connectivity index (χ1) is 8.63. The van der Waals surface area contributed by atoms with Gasteiger partial charge in [0.2, 0.25) is 0 Å². The molecule has 1 N–H and O–H groups in total. The Labute approximate surface area is 116 Å².